The average molecular weight is 387 g/mol. The van der Waals surface area contributed by atoms with E-state index in [-0.39, 0.29) is 17.6 Å². The lowest BCUT2D eigenvalue weighted by molar-refractivity contribution is -0.135. The molecule has 144 valence electrons. The molecule has 2 aromatic rings. The standard InChI is InChI=1S/C22H27FN2OS/c1-4-25(14-17-5-8-20(23)9-6-17)27-21-10-7-18-11-12-24(15-19(18)13-21)22(26)16(2)3/h5-10,13,16H,4,11-12,14-15H2,1-3H3. The highest BCUT2D eigenvalue weighted by Gasteiger charge is 2.23. The minimum Gasteiger partial charge on any atom is -0.338 e. The maximum Gasteiger partial charge on any atom is 0.225 e. The molecule has 1 heterocycles. The molecular formula is C22H27FN2OS. The minimum atomic E-state index is -0.204. The van der Waals surface area contributed by atoms with Crippen molar-refractivity contribution in [3.05, 3.63) is 65.0 Å². The van der Waals surface area contributed by atoms with Crippen LogP contribution in [0, 0.1) is 11.7 Å². The second kappa shape index (κ2) is 8.89. The van der Waals surface area contributed by atoms with Crippen LogP contribution in [-0.4, -0.2) is 28.2 Å². The maximum absolute atomic E-state index is 13.1. The molecule has 0 unspecified atom stereocenters. The number of nitrogens with zero attached hydrogens (tertiary/aromatic N) is 2. The van der Waals surface area contributed by atoms with E-state index in [2.05, 4.69) is 29.4 Å². The number of carbonyl (C=O) groups excluding carboxylic acids is 1. The first-order valence-electron chi connectivity index (χ1n) is 9.54. The van der Waals surface area contributed by atoms with E-state index in [0.29, 0.717) is 6.54 Å². The smallest absolute Gasteiger partial charge is 0.225 e. The molecule has 1 aliphatic rings. The molecule has 0 fully saturated rings. The zero-order valence-corrected chi connectivity index (χ0v) is 17.1. The fraction of sp³-hybridized carbons (Fsp3) is 0.409. The van der Waals surface area contributed by atoms with Crippen LogP contribution >= 0.6 is 11.9 Å². The number of carbonyl (C=O) groups is 1. The number of hydrogen-bond donors (Lipinski definition) is 0. The molecule has 0 saturated carbocycles. The molecule has 0 aliphatic carbocycles. The molecule has 0 spiro atoms. The summed E-state index contributed by atoms with van der Waals surface area (Å²) in [6, 6.07) is 13.3. The monoisotopic (exact) mass is 386 g/mol. The van der Waals surface area contributed by atoms with E-state index in [9.17, 15) is 9.18 Å². The van der Waals surface area contributed by atoms with Crippen molar-refractivity contribution in [1.82, 2.24) is 9.21 Å². The second-order valence-corrected chi connectivity index (χ2v) is 8.44. The van der Waals surface area contributed by atoms with Gasteiger partial charge >= 0.3 is 0 Å². The first-order chi connectivity index (χ1) is 13.0. The van der Waals surface area contributed by atoms with Gasteiger partial charge in [0.15, 0.2) is 0 Å². The number of rotatable bonds is 6. The summed E-state index contributed by atoms with van der Waals surface area (Å²) >= 11 is 1.71. The lowest BCUT2D eigenvalue weighted by Crippen LogP contribution is -2.38. The highest BCUT2D eigenvalue weighted by atomic mass is 32.2. The molecule has 2 aromatic carbocycles. The summed E-state index contributed by atoms with van der Waals surface area (Å²) in [6.45, 7) is 9.19. The number of amides is 1. The molecule has 0 bridgehead atoms. The second-order valence-electron chi connectivity index (χ2n) is 7.27. The van der Waals surface area contributed by atoms with Crippen LogP contribution in [0.25, 0.3) is 0 Å². The van der Waals surface area contributed by atoms with Crippen LogP contribution in [0.5, 0.6) is 0 Å². The largest absolute Gasteiger partial charge is 0.338 e. The molecule has 5 heteroatoms. The molecule has 1 amide bonds. The zero-order valence-electron chi connectivity index (χ0n) is 16.2. The highest BCUT2D eigenvalue weighted by molar-refractivity contribution is 7.97. The van der Waals surface area contributed by atoms with Crippen molar-refractivity contribution in [3.8, 4) is 0 Å². The van der Waals surface area contributed by atoms with Gasteiger partial charge in [-0.2, -0.15) is 0 Å². The molecule has 3 nitrogen and oxygen atoms in total. The quantitative estimate of drug-likeness (QED) is 0.660. The van der Waals surface area contributed by atoms with Crippen molar-refractivity contribution in [3.63, 3.8) is 0 Å². The predicted molar refractivity (Wildman–Crippen MR) is 109 cm³/mol. The Morgan fingerprint density at radius 3 is 2.59 bits per heavy atom. The summed E-state index contributed by atoms with van der Waals surface area (Å²) < 4.78 is 15.4. The first kappa shape index (κ1) is 19.9. The lowest BCUT2D eigenvalue weighted by Gasteiger charge is -2.30. The molecule has 1 aliphatic heterocycles. The number of benzene rings is 2. The molecule has 0 saturated heterocycles. The van der Waals surface area contributed by atoms with E-state index in [1.807, 2.05) is 30.9 Å². The van der Waals surface area contributed by atoms with Crippen LogP contribution in [-0.2, 0) is 24.3 Å². The fourth-order valence-corrected chi connectivity index (χ4v) is 4.26. The minimum absolute atomic E-state index is 0.0374. The van der Waals surface area contributed by atoms with E-state index < -0.39 is 0 Å². The lowest BCUT2D eigenvalue weighted by atomic mass is 9.99. The van der Waals surface area contributed by atoms with Gasteiger partial charge in [-0.3, -0.25) is 4.79 Å². The summed E-state index contributed by atoms with van der Waals surface area (Å²) in [4.78, 5) is 15.5. The Kier molecular flexibility index (Phi) is 6.55. The van der Waals surface area contributed by atoms with Crippen LogP contribution in [0.1, 0.15) is 37.5 Å². The third-order valence-electron chi connectivity index (χ3n) is 4.85. The van der Waals surface area contributed by atoms with E-state index in [0.717, 1.165) is 31.6 Å². The summed E-state index contributed by atoms with van der Waals surface area (Å²) in [5.41, 5.74) is 3.68. The van der Waals surface area contributed by atoms with Gasteiger partial charge < -0.3 is 4.90 Å². The summed E-state index contributed by atoms with van der Waals surface area (Å²) in [6.07, 6.45) is 0.922. The van der Waals surface area contributed by atoms with Gasteiger partial charge in [0.25, 0.3) is 0 Å². The van der Waals surface area contributed by atoms with Gasteiger partial charge in [0.2, 0.25) is 5.91 Å². The van der Waals surface area contributed by atoms with E-state index in [1.54, 1.807) is 11.9 Å². The predicted octanol–water partition coefficient (Wildman–Crippen LogP) is 4.90. The normalized spacial score (nSPS) is 13.9. The fourth-order valence-electron chi connectivity index (χ4n) is 3.29. The average Bonchev–Trinajstić information content (AvgIpc) is 2.67. The highest BCUT2D eigenvalue weighted by Crippen LogP contribution is 2.29. The molecule has 0 N–H and O–H groups in total. The van der Waals surface area contributed by atoms with Crippen molar-refractivity contribution >= 4 is 17.9 Å². The zero-order chi connectivity index (χ0) is 19.4. The van der Waals surface area contributed by atoms with Crippen LogP contribution in [0.3, 0.4) is 0 Å². The maximum atomic E-state index is 13.1. The van der Waals surface area contributed by atoms with Gasteiger partial charge in [0, 0.05) is 37.0 Å². The topological polar surface area (TPSA) is 23.6 Å². The Morgan fingerprint density at radius 1 is 1.19 bits per heavy atom. The van der Waals surface area contributed by atoms with Gasteiger partial charge in [-0.15, -0.1) is 0 Å². The van der Waals surface area contributed by atoms with Crippen molar-refractivity contribution < 1.29 is 9.18 Å². The van der Waals surface area contributed by atoms with Crippen LogP contribution < -0.4 is 0 Å². The Bertz CT molecular complexity index is 791. The number of fused-ring (bicyclic) bond motifs is 1. The number of hydrogen-bond acceptors (Lipinski definition) is 3. The molecule has 27 heavy (non-hydrogen) atoms. The SMILES string of the molecule is CCN(Cc1ccc(F)cc1)Sc1ccc2c(c1)CN(C(=O)C(C)C)CC2. The molecule has 3 rings (SSSR count). The van der Waals surface area contributed by atoms with Crippen molar-refractivity contribution in [2.45, 2.75) is 45.2 Å². The summed E-state index contributed by atoms with van der Waals surface area (Å²) in [7, 11) is 0. The molecular weight excluding hydrogens is 359 g/mol. The van der Waals surface area contributed by atoms with Crippen LogP contribution in [0.15, 0.2) is 47.4 Å². The molecule has 0 atom stereocenters. The van der Waals surface area contributed by atoms with Crippen molar-refractivity contribution in [1.29, 1.82) is 0 Å². The van der Waals surface area contributed by atoms with Crippen LogP contribution in [0.2, 0.25) is 0 Å². The van der Waals surface area contributed by atoms with E-state index in [4.69, 9.17) is 0 Å². The first-order valence-corrected chi connectivity index (χ1v) is 10.3. The third-order valence-corrected chi connectivity index (χ3v) is 5.97. The summed E-state index contributed by atoms with van der Waals surface area (Å²) in [5.74, 6) is 0.0604. The third kappa shape index (κ3) is 5.11. The van der Waals surface area contributed by atoms with Crippen LogP contribution in [0.4, 0.5) is 4.39 Å². The summed E-state index contributed by atoms with van der Waals surface area (Å²) in [5, 5.41) is 0. The Hall–Kier alpha value is -1.85. The van der Waals surface area contributed by atoms with Gasteiger partial charge in [0.1, 0.15) is 5.82 Å². The van der Waals surface area contributed by atoms with Gasteiger partial charge in [0.05, 0.1) is 0 Å². The number of halogens is 1. The Morgan fingerprint density at radius 2 is 1.93 bits per heavy atom. The van der Waals surface area contributed by atoms with E-state index in [1.165, 1.54) is 28.2 Å². The molecule has 0 radical (unpaired) electrons. The van der Waals surface area contributed by atoms with Crippen molar-refractivity contribution in [2.24, 2.45) is 5.92 Å². The van der Waals surface area contributed by atoms with Gasteiger partial charge in [-0.25, -0.2) is 8.70 Å². The van der Waals surface area contributed by atoms with Gasteiger partial charge in [-0.05, 0) is 59.3 Å². The van der Waals surface area contributed by atoms with E-state index >= 15 is 0 Å². The molecule has 0 aromatic heterocycles. The Labute approximate surface area is 165 Å². The Balaban J connectivity index is 1.69. The van der Waals surface area contributed by atoms with Gasteiger partial charge in [-0.1, -0.05) is 39.0 Å². The van der Waals surface area contributed by atoms with Crippen molar-refractivity contribution in [2.75, 3.05) is 13.1 Å².